The molecule has 1 heterocycles. The largest absolute Gasteiger partial charge is 0.177 e. The average molecular weight is 187 g/mol. The van der Waals surface area contributed by atoms with Crippen LogP contribution in [0.15, 0.2) is 36.4 Å². The molecule has 0 bridgehead atoms. The highest BCUT2D eigenvalue weighted by molar-refractivity contribution is 5.72. The van der Waals surface area contributed by atoms with Gasteiger partial charge in [-0.3, -0.25) is 0 Å². The third kappa shape index (κ3) is 1.53. The van der Waals surface area contributed by atoms with E-state index in [1.54, 1.807) is 4.80 Å². The molecule has 0 saturated heterocycles. The van der Waals surface area contributed by atoms with E-state index in [9.17, 15) is 0 Å². The van der Waals surface area contributed by atoms with Crippen LogP contribution in [-0.4, -0.2) is 15.0 Å². The lowest BCUT2D eigenvalue weighted by atomic mass is 10.3. The van der Waals surface area contributed by atoms with E-state index < -0.39 is 0 Å². The van der Waals surface area contributed by atoms with Gasteiger partial charge in [-0.25, -0.2) is 0 Å². The molecular formula is C11H13N3. The van der Waals surface area contributed by atoms with Gasteiger partial charge in [0, 0.05) is 0 Å². The molecule has 2 rings (SSSR count). The minimum atomic E-state index is 0.215. The Hall–Kier alpha value is -1.64. The van der Waals surface area contributed by atoms with Gasteiger partial charge in [-0.15, -0.1) is 0 Å². The van der Waals surface area contributed by atoms with E-state index in [1.165, 1.54) is 0 Å². The van der Waals surface area contributed by atoms with Crippen molar-refractivity contribution in [1.82, 2.24) is 15.0 Å². The van der Waals surface area contributed by atoms with Gasteiger partial charge in [-0.2, -0.15) is 15.0 Å². The summed E-state index contributed by atoms with van der Waals surface area (Å²) in [7, 11) is 0. The molecule has 0 saturated carbocycles. The Kier molecular flexibility index (Phi) is 2.31. The van der Waals surface area contributed by atoms with E-state index in [-0.39, 0.29) is 6.04 Å². The molecule has 3 heteroatoms. The molecule has 0 spiro atoms. The Morgan fingerprint density at radius 3 is 2.29 bits per heavy atom. The van der Waals surface area contributed by atoms with Crippen LogP contribution in [0.2, 0.25) is 0 Å². The van der Waals surface area contributed by atoms with Gasteiger partial charge in [0.15, 0.2) is 0 Å². The summed E-state index contributed by atoms with van der Waals surface area (Å²) in [5.41, 5.74) is 1.90. The summed E-state index contributed by atoms with van der Waals surface area (Å²) >= 11 is 0. The standard InChI is InChI=1S/C11H13N3/c1-3-6-9(2)14-12-10-7-4-5-8-11(10)13-14/h3-9H,1-2H3/b6-3+. The molecule has 0 radical (unpaired) electrons. The first-order chi connectivity index (χ1) is 6.81. The Labute approximate surface area is 83.0 Å². The molecular weight excluding hydrogens is 174 g/mol. The van der Waals surface area contributed by atoms with Crippen molar-refractivity contribution in [1.29, 1.82) is 0 Å². The van der Waals surface area contributed by atoms with Gasteiger partial charge in [0.1, 0.15) is 11.0 Å². The van der Waals surface area contributed by atoms with Crippen LogP contribution >= 0.6 is 0 Å². The summed E-state index contributed by atoms with van der Waals surface area (Å²) in [4.78, 5) is 1.74. The second-order valence-corrected chi connectivity index (χ2v) is 3.28. The highest BCUT2D eigenvalue weighted by atomic mass is 15.5. The molecule has 0 amide bonds. The van der Waals surface area contributed by atoms with Gasteiger partial charge in [0.25, 0.3) is 0 Å². The Balaban J connectivity index is 2.44. The maximum atomic E-state index is 4.39. The molecule has 0 aliphatic rings. The van der Waals surface area contributed by atoms with Gasteiger partial charge < -0.3 is 0 Å². The zero-order chi connectivity index (χ0) is 9.97. The van der Waals surface area contributed by atoms with Crippen LogP contribution in [0.5, 0.6) is 0 Å². The second kappa shape index (κ2) is 3.62. The molecule has 14 heavy (non-hydrogen) atoms. The number of nitrogens with zero attached hydrogens (tertiary/aromatic N) is 3. The Bertz CT molecular complexity index is 423. The quantitative estimate of drug-likeness (QED) is 0.676. The lowest BCUT2D eigenvalue weighted by molar-refractivity contribution is 0.512. The first-order valence-corrected chi connectivity index (χ1v) is 4.75. The van der Waals surface area contributed by atoms with Crippen molar-refractivity contribution in [2.75, 3.05) is 0 Å². The van der Waals surface area contributed by atoms with Crippen molar-refractivity contribution in [3.63, 3.8) is 0 Å². The molecule has 0 aliphatic carbocycles. The summed E-state index contributed by atoms with van der Waals surface area (Å²) in [6.07, 6.45) is 4.08. The summed E-state index contributed by atoms with van der Waals surface area (Å²) in [6.45, 7) is 4.07. The number of aromatic nitrogens is 3. The van der Waals surface area contributed by atoms with Gasteiger partial charge in [-0.1, -0.05) is 24.3 Å². The molecule has 0 fully saturated rings. The highest BCUT2D eigenvalue weighted by Gasteiger charge is 2.04. The minimum Gasteiger partial charge on any atom is -0.177 e. The zero-order valence-corrected chi connectivity index (χ0v) is 8.38. The number of allylic oxidation sites excluding steroid dienone is 2. The summed E-state index contributed by atoms with van der Waals surface area (Å²) < 4.78 is 0. The topological polar surface area (TPSA) is 30.7 Å². The van der Waals surface area contributed by atoms with Crippen molar-refractivity contribution < 1.29 is 0 Å². The number of rotatable bonds is 2. The van der Waals surface area contributed by atoms with Crippen molar-refractivity contribution in [3.05, 3.63) is 36.4 Å². The monoisotopic (exact) mass is 187 g/mol. The van der Waals surface area contributed by atoms with Crippen LogP contribution in [0.1, 0.15) is 19.9 Å². The van der Waals surface area contributed by atoms with E-state index >= 15 is 0 Å². The summed E-state index contributed by atoms with van der Waals surface area (Å²) in [5.74, 6) is 0. The normalized spacial score (nSPS) is 13.9. The summed E-state index contributed by atoms with van der Waals surface area (Å²) in [6, 6.07) is 8.11. The van der Waals surface area contributed by atoms with Crippen LogP contribution in [0.3, 0.4) is 0 Å². The maximum absolute atomic E-state index is 4.39. The van der Waals surface area contributed by atoms with Crippen LogP contribution in [0, 0.1) is 0 Å². The first kappa shape index (κ1) is 8.94. The first-order valence-electron chi connectivity index (χ1n) is 4.75. The number of fused-ring (bicyclic) bond motifs is 1. The number of hydrogen-bond acceptors (Lipinski definition) is 2. The summed E-state index contributed by atoms with van der Waals surface area (Å²) in [5, 5.41) is 8.77. The van der Waals surface area contributed by atoms with Crippen molar-refractivity contribution in [2.24, 2.45) is 0 Å². The third-order valence-electron chi connectivity index (χ3n) is 2.14. The number of hydrogen-bond donors (Lipinski definition) is 0. The molecule has 1 unspecified atom stereocenters. The second-order valence-electron chi connectivity index (χ2n) is 3.28. The molecule has 3 nitrogen and oxygen atoms in total. The van der Waals surface area contributed by atoms with E-state index in [4.69, 9.17) is 0 Å². The van der Waals surface area contributed by atoms with E-state index in [0.29, 0.717) is 0 Å². The fourth-order valence-corrected chi connectivity index (χ4v) is 1.41. The minimum absolute atomic E-state index is 0.215. The van der Waals surface area contributed by atoms with Crippen molar-refractivity contribution in [3.8, 4) is 0 Å². The fraction of sp³-hybridized carbons (Fsp3) is 0.273. The molecule has 0 aliphatic heterocycles. The third-order valence-corrected chi connectivity index (χ3v) is 2.14. The predicted molar refractivity (Wildman–Crippen MR) is 57.1 cm³/mol. The van der Waals surface area contributed by atoms with Crippen LogP contribution < -0.4 is 0 Å². The van der Waals surface area contributed by atoms with Crippen LogP contribution in [0.4, 0.5) is 0 Å². The van der Waals surface area contributed by atoms with E-state index in [0.717, 1.165) is 11.0 Å². The lowest BCUT2D eigenvalue weighted by Crippen LogP contribution is -2.05. The Morgan fingerprint density at radius 1 is 1.21 bits per heavy atom. The lowest BCUT2D eigenvalue weighted by Gasteiger charge is -2.02. The average Bonchev–Trinajstić information content (AvgIpc) is 2.61. The van der Waals surface area contributed by atoms with Crippen LogP contribution in [-0.2, 0) is 0 Å². The molecule has 72 valence electrons. The van der Waals surface area contributed by atoms with Crippen LogP contribution in [0.25, 0.3) is 11.0 Å². The van der Waals surface area contributed by atoms with Gasteiger partial charge in [-0.05, 0) is 26.0 Å². The maximum Gasteiger partial charge on any atom is 0.113 e. The van der Waals surface area contributed by atoms with E-state index in [2.05, 4.69) is 23.2 Å². The highest BCUT2D eigenvalue weighted by Crippen LogP contribution is 2.11. The van der Waals surface area contributed by atoms with Gasteiger partial charge in [0.05, 0.1) is 6.04 Å². The van der Waals surface area contributed by atoms with Gasteiger partial charge >= 0.3 is 0 Å². The Morgan fingerprint density at radius 2 is 1.79 bits per heavy atom. The van der Waals surface area contributed by atoms with Crippen molar-refractivity contribution >= 4 is 11.0 Å². The molecule has 1 atom stereocenters. The number of benzene rings is 1. The van der Waals surface area contributed by atoms with Gasteiger partial charge in [0.2, 0.25) is 0 Å². The molecule has 0 N–H and O–H groups in total. The predicted octanol–water partition coefficient (Wildman–Crippen LogP) is 2.57. The fourth-order valence-electron chi connectivity index (χ4n) is 1.41. The smallest absolute Gasteiger partial charge is 0.113 e. The molecule has 1 aromatic heterocycles. The molecule has 2 aromatic rings. The van der Waals surface area contributed by atoms with Crippen molar-refractivity contribution in [2.45, 2.75) is 19.9 Å². The zero-order valence-electron chi connectivity index (χ0n) is 8.38. The SMILES string of the molecule is C/C=C/C(C)n1nc2ccccc2n1. The van der Waals surface area contributed by atoms with E-state index in [1.807, 2.05) is 37.3 Å². The molecule has 1 aromatic carbocycles.